The lowest BCUT2D eigenvalue weighted by atomic mass is 10.1. The van der Waals surface area contributed by atoms with Crippen molar-refractivity contribution in [3.05, 3.63) is 94.5 Å². The van der Waals surface area contributed by atoms with Crippen LogP contribution in [0, 0.1) is 10.1 Å². The van der Waals surface area contributed by atoms with Gasteiger partial charge in [0.1, 0.15) is 0 Å². The van der Waals surface area contributed by atoms with Gasteiger partial charge in [-0.2, -0.15) is 0 Å². The second kappa shape index (κ2) is 12.1. The minimum absolute atomic E-state index is 0.0943. The first-order chi connectivity index (χ1) is 12.5. The van der Waals surface area contributed by atoms with Crippen molar-refractivity contribution in [1.29, 1.82) is 0 Å². The number of allylic oxidation sites excluding steroid dienone is 4. The van der Waals surface area contributed by atoms with Crippen molar-refractivity contribution < 1.29 is 9.72 Å². The van der Waals surface area contributed by atoms with Crippen LogP contribution in [-0.2, 0) is 11.2 Å². The summed E-state index contributed by atoms with van der Waals surface area (Å²) in [6.07, 6.45) is 10.3. The molecule has 1 heterocycles. The molecule has 0 aliphatic heterocycles. The predicted molar refractivity (Wildman–Crippen MR) is 102 cm³/mol. The Morgan fingerprint density at radius 3 is 2.42 bits per heavy atom. The number of carbonyl (C=O) groups is 1. The van der Waals surface area contributed by atoms with E-state index in [1.165, 1.54) is 19.1 Å². The number of aryl methyl sites for hydroxylation is 1. The van der Waals surface area contributed by atoms with Crippen LogP contribution in [0.5, 0.6) is 0 Å². The summed E-state index contributed by atoms with van der Waals surface area (Å²) >= 11 is 0. The molecule has 0 radical (unpaired) electrons. The number of rotatable bonds is 7. The number of hydrogen-bond donors (Lipinski definition) is 1. The van der Waals surface area contributed by atoms with Crippen molar-refractivity contribution in [3.8, 4) is 0 Å². The number of para-hydroxylation sites is 1. The Labute approximate surface area is 153 Å². The lowest BCUT2D eigenvalue weighted by Gasteiger charge is -1.96. The molecular formula is C20H23N3O3. The summed E-state index contributed by atoms with van der Waals surface area (Å²) in [5, 5.41) is 10.0. The fourth-order valence-corrected chi connectivity index (χ4v) is 1.88. The zero-order valence-corrected chi connectivity index (χ0v) is 14.7. The summed E-state index contributed by atoms with van der Waals surface area (Å²) < 4.78 is 0. The van der Waals surface area contributed by atoms with Crippen molar-refractivity contribution in [3.63, 3.8) is 0 Å². The molecule has 0 saturated carbocycles. The molecule has 1 aromatic heterocycles. The molecule has 0 saturated heterocycles. The first kappa shape index (κ1) is 20.8. The Hall–Kier alpha value is -3.28. The third-order valence-corrected chi connectivity index (χ3v) is 3.32. The van der Waals surface area contributed by atoms with Crippen LogP contribution in [0.1, 0.15) is 25.5 Å². The van der Waals surface area contributed by atoms with Crippen molar-refractivity contribution in [2.24, 2.45) is 5.73 Å². The van der Waals surface area contributed by atoms with E-state index < -0.39 is 4.92 Å². The van der Waals surface area contributed by atoms with E-state index in [1.54, 1.807) is 24.3 Å². The van der Waals surface area contributed by atoms with Crippen molar-refractivity contribution >= 4 is 11.5 Å². The number of ketones is 1. The molecular weight excluding hydrogens is 330 g/mol. The van der Waals surface area contributed by atoms with Gasteiger partial charge in [0, 0.05) is 30.9 Å². The highest BCUT2D eigenvalue weighted by Crippen LogP contribution is 2.06. The van der Waals surface area contributed by atoms with Crippen molar-refractivity contribution in [2.45, 2.75) is 26.2 Å². The van der Waals surface area contributed by atoms with Crippen LogP contribution in [0.25, 0.3) is 0 Å². The number of pyridine rings is 1. The fraction of sp³-hybridized carbons (Fsp3) is 0.200. The first-order valence-electron chi connectivity index (χ1n) is 8.23. The summed E-state index contributed by atoms with van der Waals surface area (Å²) in [4.78, 5) is 24.7. The summed E-state index contributed by atoms with van der Waals surface area (Å²) in [5.74, 6) is -0.0943. The lowest BCUT2D eigenvalue weighted by Crippen LogP contribution is -2.05. The van der Waals surface area contributed by atoms with Crippen molar-refractivity contribution in [2.75, 3.05) is 0 Å². The molecule has 0 bridgehead atoms. The average molecular weight is 353 g/mol. The Balaban J connectivity index is 0.000000314. The van der Waals surface area contributed by atoms with Crippen LogP contribution in [-0.4, -0.2) is 15.7 Å². The highest BCUT2D eigenvalue weighted by molar-refractivity contribution is 5.92. The quantitative estimate of drug-likeness (QED) is 0.267. The summed E-state index contributed by atoms with van der Waals surface area (Å²) in [6, 6.07) is 13.9. The number of nitro groups is 1. The maximum absolute atomic E-state index is 10.8. The van der Waals surface area contributed by atoms with E-state index in [0.717, 1.165) is 25.0 Å². The van der Waals surface area contributed by atoms with Crippen LogP contribution in [0.3, 0.4) is 0 Å². The van der Waals surface area contributed by atoms with E-state index in [-0.39, 0.29) is 11.5 Å². The third kappa shape index (κ3) is 9.12. The molecule has 6 nitrogen and oxygen atoms in total. The normalized spacial score (nSPS) is 10.9. The number of nitrogens with two attached hydrogens (primary N) is 1. The highest BCUT2D eigenvalue weighted by atomic mass is 16.6. The molecule has 0 spiro atoms. The number of unbranched alkanes of at least 4 members (excludes halogenated alkanes) is 1. The van der Waals surface area contributed by atoms with Gasteiger partial charge < -0.3 is 5.73 Å². The zero-order valence-electron chi connectivity index (χ0n) is 14.7. The Morgan fingerprint density at radius 2 is 1.88 bits per heavy atom. The molecule has 0 unspecified atom stereocenters. The van der Waals surface area contributed by atoms with Crippen LogP contribution in [0.2, 0.25) is 0 Å². The van der Waals surface area contributed by atoms with Gasteiger partial charge in [-0.15, -0.1) is 0 Å². The molecule has 26 heavy (non-hydrogen) atoms. The van der Waals surface area contributed by atoms with Gasteiger partial charge in [-0.05, 0) is 37.5 Å². The molecule has 0 fully saturated rings. The minimum atomic E-state index is -0.417. The van der Waals surface area contributed by atoms with Crippen molar-refractivity contribution in [1.82, 2.24) is 4.98 Å². The molecule has 1 aromatic carbocycles. The smallest absolute Gasteiger partial charge is 0.269 e. The van der Waals surface area contributed by atoms with E-state index in [4.69, 9.17) is 5.73 Å². The Bertz CT molecular complexity index is 741. The Morgan fingerprint density at radius 1 is 1.19 bits per heavy atom. The van der Waals surface area contributed by atoms with Crippen LogP contribution in [0.15, 0.2) is 78.7 Å². The van der Waals surface area contributed by atoms with Gasteiger partial charge in [0.15, 0.2) is 5.78 Å². The summed E-state index contributed by atoms with van der Waals surface area (Å²) in [5.41, 5.74) is 7.02. The summed E-state index contributed by atoms with van der Waals surface area (Å²) in [6.45, 7) is 1.46. The number of non-ortho nitro benzene ring substituents is 1. The van der Waals surface area contributed by atoms with Gasteiger partial charge in [-0.3, -0.25) is 19.9 Å². The van der Waals surface area contributed by atoms with Gasteiger partial charge in [0.05, 0.1) is 10.6 Å². The molecule has 6 heteroatoms. The van der Waals surface area contributed by atoms with Gasteiger partial charge in [-0.25, -0.2) is 0 Å². The van der Waals surface area contributed by atoms with Gasteiger partial charge in [0.25, 0.3) is 5.69 Å². The SMILES string of the molecule is CC(=O)/C(N)=C/C=C\CCCc1ccccn1.O=[N+]([O-])c1ccccc1. The van der Waals surface area contributed by atoms with Gasteiger partial charge in [-0.1, -0.05) is 36.4 Å². The van der Waals surface area contributed by atoms with E-state index in [9.17, 15) is 14.9 Å². The molecule has 136 valence electrons. The Kier molecular flexibility index (Phi) is 9.69. The number of nitro benzene ring substituents is 1. The summed E-state index contributed by atoms with van der Waals surface area (Å²) in [7, 11) is 0. The number of benzene rings is 1. The monoisotopic (exact) mass is 353 g/mol. The molecule has 0 aliphatic carbocycles. The first-order valence-corrected chi connectivity index (χ1v) is 8.23. The van der Waals surface area contributed by atoms with E-state index in [1.807, 2.05) is 36.5 Å². The topological polar surface area (TPSA) is 99.1 Å². The molecule has 2 rings (SSSR count). The molecule has 0 aliphatic rings. The van der Waals surface area contributed by atoms with Crippen LogP contribution >= 0.6 is 0 Å². The number of hydrogen-bond acceptors (Lipinski definition) is 5. The van der Waals surface area contributed by atoms with E-state index >= 15 is 0 Å². The van der Waals surface area contributed by atoms with E-state index in [0.29, 0.717) is 5.70 Å². The number of Topliss-reactive ketones (excluding diaryl/α,β-unsaturated/α-hetero) is 1. The van der Waals surface area contributed by atoms with Gasteiger partial charge in [0.2, 0.25) is 0 Å². The predicted octanol–water partition coefficient (Wildman–Crippen LogP) is 3.99. The van der Waals surface area contributed by atoms with E-state index in [2.05, 4.69) is 4.98 Å². The van der Waals surface area contributed by atoms with Crippen LogP contribution in [0.4, 0.5) is 5.69 Å². The number of aromatic nitrogens is 1. The molecule has 2 N–H and O–H groups in total. The molecule has 2 aromatic rings. The average Bonchev–Trinajstić information content (AvgIpc) is 2.66. The standard InChI is InChI=1S/C14H18N2O.C6H5NO2/c1-12(17)14(15)10-5-3-2-4-8-13-9-6-7-11-16-13;8-7(9)6-4-2-1-3-5-6/h3,5-7,9-11H,2,4,8,15H2,1H3;1-5H/b5-3-,14-10-;. The molecule has 0 amide bonds. The second-order valence-corrected chi connectivity index (χ2v) is 5.41. The largest absolute Gasteiger partial charge is 0.396 e. The minimum Gasteiger partial charge on any atom is -0.396 e. The zero-order chi connectivity index (χ0) is 19.2. The fourth-order valence-electron chi connectivity index (χ4n) is 1.88. The number of nitrogens with zero attached hydrogens (tertiary/aromatic N) is 2. The maximum atomic E-state index is 10.8. The second-order valence-electron chi connectivity index (χ2n) is 5.41. The van der Waals surface area contributed by atoms with Crippen LogP contribution < -0.4 is 5.73 Å². The van der Waals surface area contributed by atoms with Gasteiger partial charge >= 0.3 is 0 Å². The number of carbonyl (C=O) groups excluding carboxylic acids is 1. The maximum Gasteiger partial charge on any atom is 0.269 e. The molecule has 0 atom stereocenters. The third-order valence-electron chi connectivity index (χ3n) is 3.32. The highest BCUT2D eigenvalue weighted by Gasteiger charge is 1.98. The lowest BCUT2D eigenvalue weighted by molar-refractivity contribution is -0.384.